The molecule has 0 unspecified atom stereocenters. The highest BCUT2D eigenvalue weighted by molar-refractivity contribution is 5.72. The van der Waals surface area contributed by atoms with Crippen LogP contribution in [-0.4, -0.2) is 17.6 Å². The first-order valence-electron chi connectivity index (χ1n) is 4.70. The molecule has 1 aromatic heterocycles. The summed E-state index contributed by atoms with van der Waals surface area (Å²) in [5.41, 5.74) is -1.18. The minimum absolute atomic E-state index is 0.135. The van der Waals surface area contributed by atoms with E-state index in [1.807, 2.05) is 0 Å². The van der Waals surface area contributed by atoms with Gasteiger partial charge in [-0.05, 0) is 18.6 Å². The van der Waals surface area contributed by atoms with E-state index >= 15 is 0 Å². The summed E-state index contributed by atoms with van der Waals surface area (Å²) in [6.07, 6.45) is -1.76. The van der Waals surface area contributed by atoms with E-state index < -0.39 is 23.5 Å². The molecule has 0 atom stereocenters. The molecule has 0 aliphatic carbocycles. The second kappa shape index (κ2) is 5.39. The van der Waals surface area contributed by atoms with Crippen molar-refractivity contribution in [3.05, 3.63) is 33.7 Å². The van der Waals surface area contributed by atoms with Crippen molar-refractivity contribution in [3.63, 3.8) is 0 Å². The molecule has 1 N–H and O–H groups in total. The number of aromatic amines is 1. The van der Waals surface area contributed by atoms with E-state index in [4.69, 9.17) is 0 Å². The Morgan fingerprint density at radius 3 is 2.81 bits per heavy atom. The number of carbonyl (C=O) groups is 1. The largest absolute Gasteiger partial charge is 0.466 e. The Labute approximate surface area is 90.2 Å². The Morgan fingerprint density at radius 2 is 2.25 bits per heavy atom. The van der Waals surface area contributed by atoms with Crippen molar-refractivity contribution >= 4 is 5.97 Å². The van der Waals surface area contributed by atoms with Crippen molar-refractivity contribution in [2.24, 2.45) is 0 Å². The fourth-order valence-corrected chi connectivity index (χ4v) is 1.19. The average molecular weight is 231 g/mol. The molecule has 88 valence electrons. The van der Waals surface area contributed by atoms with Crippen molar-refractivity contribution in [1.82, 2.24) is 4.98 Å². The predicted molar refractivity (Wildman–Crippen MR) is 52.4 cm³/mol. The topological polar surface area (TPSA) is 59.2 Å². The molecular weight excluding hydrogens is 220 g/mol. The molecule has 0 aliphatic rings. The Morgan fingerprint density at radius 1 is 1.56 bits per heavy atom. The summed E-state index contributed by atoms with van der Waals surface area (Å²) in [5.74, 6) is -0.519. The van der Waals surface area contributed by atoms with Crippen molar-refractivity contribution in [2.75, 3.05) is 6.61 Å². The zero-order chi connectivity index (χ0) is 12.1. The van der Waals surface area contributed by atoms with Gasteiger partial charge in [0, 0.05) is 6.20 Å². The molecule has 16 heavy (non-hydrogen) atoms. The summed E-state index contributed by atoms with van der Waals surface area (Å²) in [4.78, 5) is 24.2. The van der Waals surface area contributed by atoms with Gasteiger partial charge in [-0.2, -0.15) is 0 Å². The molecule has 0 radical (unpaired) electrons. The number of H-pyrrole nitrogens is 1. The van der Waals surface area contributed by atoms with Crippen LogP contribution in [0.5, 0.6) is 0 Å². The zero-order valence-electron chi connectivity index (χ0n) is 8.63. The fourth-order valence-electron chi connectivity index (χ4n) is 1.19. The SMILES string of the molecule is CCOC(=O)Cc1c[nH]c(=O)c(C(F)F)c1. The van der Waals surface area contributed by atoms with Crippen LogP contribution in [0.15, 0.2) is 17.1 Å². The molecule has 1 aromatic rings. The van der Waals surface area contributed by atoms with Crippen LogP contribution in [-0.2, 0) is 16.0 Å². The second-order valence-electron chi connectivity index (χ2n) is 3.07. The number of alkyl halides is 2. The number of nitrogens with one attached hydrogen (secondary N) is 1. The van der Waals surface area contributed by atoms with Crippen LogP contribution in [0.2, 0.25) is 0 Å². The normalized spacial score (nSPS) is 10.5. The van der Waals surface area contributed by atoms with Gasteiger partial charge in [0.05, 0.1) is 18.6 Å². The monoisotopic (exact) mass is 231 g/mol. The number of ether oxygens (including phenoxy) is 1. The predicted octanol–water partition coefficient (Wildman–Crippen LogP) is 1.42. The molecule has 0 spiro atoms. The fraction of sp³-hybridized carbons (Fsp3) is 0.400. The number of carbonyl (C=O) groups excluding carboxylic acids is 1. The number of pyridine rings is 1. The van der Waals surface area contributed by atoms with Crippen LogP contribution >= 0.6 is 0 Å². The summed E-state index contributed by atoms with van der Waals surface area (Å²) in [7, 11) is 0. The third kappa shape index (κ3) is 3.15. The standard InChI is InChI=1S/C10H11F2NO3/c1-2-16-8(14)4-6-3-7(9(11)12)10(15)13-5-6/h3,5,9H,2,4H2,1H3,(H,13,15). The van der Waals surface area contributed by atoms with Crippen molar-refractivity contribution in [1.29, 1.82) is 0 Å². The van der Waals surface area contributed by atoms with Gasteiger partial charge >= 0.3 is 5.97 Å². The molecule has 1 rings (SSSR count). The molecule has 0 saturated heterocycles. The maximum absolute atomic E-state index is 12.4. The lowest BCUT2D eigenvalue weighted by Crippen LogP contribution is -2.15. The third-order valence-electron chi connectivity index (χ3n) is 1.88. The van der Waals surface area contributed by atoms with Crippen LogP contribution in [0, 0.1) is 0 Å². The van der Waals surface area contributed by atoms with Gasteiger partial charge in [0.25, 0.3) is 12.0 Å². The van der Waals surface area contributed by atoms with E-state index in [9.17, 15) is 18.4 Å². The maximum Gasteiger partial charge on any atom is 0.310 e. The molecule has 0 aliphatic heterocycles. The summed E-state index contributed by atoms with van der Waals surface area (Å²) >= 11 is 0. The highest BCUT2D eigenvalue weighted by atomic mass is 19.3. The van der Waals surface area contributed by atoms with E-state index in [2.05, 4.69) is 9.72 Å². The van der Waals surface area contributed by atoms with E-state index in [0.717, 1.165) is 6.07 Å². The highest BCUT2D eigenvalue weighted by Crippen LogP contribution is 2.15. The first-order valence-corrected chi connectivity index (χ1v) is 4.70. The number of aromatic nitrogens is 1. The molecule has 0 fully saturated rings. The van der Waals surface area contributed by atoms with Gasteiger partial charge in [-0.15, -0.1) is 0 Å². The number of esters is 1. The van der Waals surface area contributed by atoms with Gasteiger partial charge in [0.1, 0.15) is 0 Å². The van der Waals surface area contributed by atoms with Crippen LogP contribution in [0.25, 0.3) is 0 Å². The summed E-state index contributed by atoms with van der Waals surface area (Å²) < 4.78 is 29.4. The van der Waals surface area contributed by atoms with Gasteiger partial charge < -0.3 is 9.72 Å². The van der Waals surface area contributed by atoms with E-state index in [1.165, 1.54) is 6.20 Å². The number of hydrogen-bond acceptors (Lipinski definition) is 3. The van der Waals surface area contributed by atoms with Gasteiger partial charge in [-0.25, -0.2) is 8.78 Å². The molecule has 1 heterocycles. The minimum Gasteiger partial charge on any atom is -0.466 e. The summed E-state index contributed by atoms with van der Waals surface area (Å²) in [6, 6.07) is 1.01. The van der Waals surface area contributed by atoms with Crippen molar-refractivity contribution in [2.45, 2.75) is 19.8 Å². The highest BCUT2D eigenvalue weighted by Gasteiger charge is 2.14. The van der Waals surface area contributed by atoms with Crippen molar-refractivity contribution in [3.8, 4) is 0 Å². The van der Waals surface area contributed by atoms with Gasteiger partial charge in [0.15, 0.2) is 0 Å². The third-order valence-corrected chi connectivity index (χ3v) is 1.88. The first kappa shape index (κ1) is 12.4. The number of hydrogen-bond donors (Lipinski definition) is 1. The minimum atomic E-state index is -2.86. The molecule has 0 aromatic carbocycles. The van der Waals surface area contributed by atoms with Crippen LogP contribution in [0.1, 0.15) is 24.5 Å². The molecule has 6 heteroatoms. The second-order valence-corrected chi connectivity index (χ2v) is 3.07. The van der Waals surface area contributed by atoms with Crippen LogP contribution in [0.3, 0.4) is 0 Å². The summed E-state index contributed by atoms with van der Waals surface area (Å²) in [5, 5.41) is 0. The van der Waals surface area contributed by atoms with Crippen LogP contribution < -0.4 is 5.56 Å². The van der Waals surface area contributed by atoms with Gasteiger partial charge in [-0.3, -0.25) is 9.59 Å². The van der Waals surface area contributed by atoms with E-state index in [1.54, 1.807) is 6.92 Å². The van der Waals surface area contributed by atoms with Crippen LogP contribution in [0.4, 0.5) is 8.78 Å². The molecular formula is C10H11F2NO3. The lowest BCUT2D eigenvalue weighted by Gasteiger charge is -2.03. The Balaban J connectivity index is 2.87. The number of halogens is 2. The molecule has 0 bridgehead atoms. The van der Waals surface area contributed by atoms with E-state index in [0.29, 0.717) is 5.56 Å². The summed E-state index contributed by atoms with van der Waals surface area (Å²) in [6.45, 7) is 1.87. The van der Waals surface area contributed by atoms with E-state index in [-0.39, 0.29) is 13.0 Å². The zero-order valence-corrected chi connectivity index (χ0v) is 8.63. The Kier molecular flexibility index (Phi) is 4.16. The smallest absolute Gasteiger partial charge is 0.310 e. The number of rotatable bonds is 4. The molecule has 4 nitrogen and oxygen atoms in total. The van der Waals surface area contributed by atoms with Gasteiger partial charge in [0.2, 0.25) is 0 Å². The maximum atomic E-state index is 12.4. The molecule has 0 saturated carbocycles. The van der Waals surface area contributed by atoms with Crippen molar-refractivity contribution < 1.29 is 18.3 Å². The Hall–Kier alpha value is -1.72. The Bertz CT molecular complexity index is 428. The quantitative estimate of drug-likeness (QED) is 0.797. The average Bonchev–Trinajstić information content (AvgIpc) is 2.21. The lowest BCUT2D eigenvalue weighted by atomic mass is 10.1. The molecule has 0 amide bonds. The first-order chi connectivity index (χ1) is 7.54. The van der Waals surface area contributed by atoms with Gasteiger partial charge in [-0.1, -0.05) is 0 Å². The lowest BCUT2D eigenvalue weighted by molar-refractivity contribution is -0.142.